The molecule has 3 heterocycles. The summed E-state index contributed by atoms with van der Waals surface area (Å²) in [6.07, 6.45) is 6.63. The molecule has 1 saturated heterocycles. The van der Waals surface area contributed by atoms with Crippen molar-refractivity contribution >= 4 is 28.4 Å². The van der Waals surface area contributed by atoms with Crippen LogP contribution >= 0.6 is 0 Å². The van der Waals surface area contributed by atoms with Crippen molar-refractivity contribution in [2.75, 3.05) is 18.4 Å². The van der Waals surface area contributed by atoms with Gasteiger partial charge in [0.05, 0.1) is 11.3 Å². The second-order valence-electron chi connectivity index (χ2n) is 5.81. The van der Waals surface area contributed by atoms with Crippen LogP contribution < -0.4 is 5.32 Å². The van der Waals surface area contributed by atoms with E-state index in [1.807, 2.05) is 6.07 Å². The number of pyridine rings is 1. The fraction of sp³-hybridized carbons (Fsp3) is 0.353. The first kappa shape index (κ1) is 15.3. The third kappa shape index (κ3) is 2.97. The number of piperidine rings is 1. The molecule has 0 saturated carbocycles. The molecule has 6 heteroatoms. The van der Waals surface area contributed by atoms with E-state index < -0.39 is 0 Å². The molecule has 6 nitrogen and oxygen atoms in total. The number of anilines is 1. The van der Waals surface area contributed by atoms with E-state index in [-0.39, 0.29) is 17.7 Å². The second-order valence-corrected chi connectivity index (χ2v) is 5.81. The molecule has 2 N–H and O–H groups in total. The van der Waals surface area contributed by atoms with Crippen LogP contribution in [0.25, 0.3) is 11.0 Å². The first-order valence-electron chi connectivity index (χ1n) is 7.75. The number of carbonyl (C=O) groups excluding carboxylic acids is 2. The summed E-state index contributed by atoms with van der Waals surface area (Å²) in [7, 11) is 0. The highest BCUT2D eigenvalue weighted by Gasteiger charge is 2.24. The average Bonchev–Trinajstić information content (AvgIpc) is 3.03. The van der Waals surface area contributed by atoms with Crippen LogP contribution in [0, 0.1) is 0 Å². The first-order valence-corrected chi connectivity index (χ1v) is 7.75. The van der Waals surface area contributed by atoms with Gasteiger partial charge in [-0.05, 0) is 31.9 Å². The van der Waals surface area contributed by atoms with Gasteiger partial charge in [-0.2, -0.15) is 0 Å². The topological polar surface area (TPSA) is 78.1 Å². The molecule has 23 heavy (non-hydrogen) atoms. The van der Waals surface area contributed by atoms with Crippen LogP contribution in [0.15, 0.2) is 31.1 Å². The molecule has 1 fully saturated rings. The van der Waals surface area contributed by atoms with Crippen molar-refractivity contribution < 1.29 is 9.59 Å². The monoisotopic (exact) mass is 312 g/mol. The van der Waals surface area contributed by atoms with Crippen LogP contribution in [0.5, 0.6) is 0 Å². The lowest BCUT2D eigenvalue weighted by atomic mass is 10.0. The van der Waals surface area contributed by atoms with Crippen LogP contribution in [0.1, 0.15) is 30.1 Å². The predicted molar refractivity (Wildman–Crippen MR) is 89.5 cm³/mol. The number of nitrogens with one attached hydrogen (secondary N) is 2. The summed E-state index contributed by atoms with van der Waals surface area (Å²) in [5, 5.41) is 4.35. The van der Waals surface area contributed by atoms with Gasteiger partial charge in [-0.3, -0.25) is 9.59 Å². The highest BCUT2D eigenvalue weighted by atomic mass is 16.2. The fourth-order valence-corrected chi connectivity index (χ4v) is 3.06. The van der Waals surface area contributed by atoms with Crippen LogP contribution in [0.3, 0.4) is 0 Å². The fourth-order valence-electron chi connectivity index (χ4n) is 3.06. The molecule has 120 valence electrons. The Morgan fingerprint density at radius 3 is 3.09 bits per heavy atom. The summed E-state index contributed by atoms with van der Waals surface area (Å²) in [4.78, 5) is 32.9. The zero-order chi connectivity index (χ0) is 16.4. The predicted octanol–water partition coefficient (Wildman–Crippen LogP) is 2.35. The molecule has 1 unspecified atom stereocenters. The summed E-state index contributed by atoms with van der Waals surface area (Å²) in [5.74, 6) is -0.0808. The maximum Gasteiger partial charge on any atom is 0.246 e. The van der Waals surface area contributed by atoms with Crippen molar-refractivity contribution in [1.29, 1.82) is 0 Å². The Kier molecular flexibility index (Phi) is 4.14. The molecule has 1 aliphatic heterocycles. The Morgan fingerprint density at radius 2 is 2.35 bits per heavy atom. The van der Waals surface area contributed by atoms with Gasteiger partial charge < -0.3 is 15.2 Å². The highest BCUT2D eigenvalue weighted by molar-refractivity contribution is 6.06. The lowest BCUT2D eigenvalue weighted by Gasteiger charge is -2.33. The minimum Gasteiger partial charge on any atom is -0.379 e. The summed E-state index contributed by atoms with van der Waals surface area (Å²) < 4.78 is 0. The number of nitrogens with zero attached hydrogens (tertiary/aromatic N) is 2. The average molecular weight is 312 g/mol. The SMILES string of the molecule is C=CC(=O)N1CCCC(Nc2c(C(C)=O)cnc3[nH]ccc23)C1. The first-order chi connectivity index (χ1) is 11.1. The van der Waals surface area contributed by atoms with Gasteiger partial charge in [0.1, 0.15) is 5.65 Å². The van der Waals surface area contributed by atoms with Gasteiger partial charge in [0.15, 0.2) is 5.78 Å². The number of Topliss-reactive ketones (excluding diaryl/α,β-unsaturated/α-hetero) is 1. The number of hydrogen-bond acceptors (Lipinski definition) is 4. The van der Waals surface area contributed by atoms with Gasteiger partial charge in [0.2, 0.25) is 5.91 Å². The van der Waals surface area contributed by atoms with Gasteiger partial charge in [-0.1, -0.05) is 6.58 Å². The van der Waals surface area contributed by atoms with Crippen LogP contribution in [-0.2, 0) is 4.79 Å². The molecule has 0 aliphatic carbocycles. The van der Waals surface area contributed by atoms with Crippen molar-refractivity contribution in [3.05, 3.63) is 36.7 Å². The molecule has 1 amide bonds. The Morgan fingerprint density at radius 1 is 1.52 bits per heavy atom. The number of hydrogen-bond donors (Lipinski definition) is 2. The molecular weight excluding hydrogens is 292 g/mol. The zero-order valence-electron chi connectivity index (χ0n) is 13.1. The molecular formula is C17H20N4O2. The largest absolute Gasteiger partial charge is 0.379 e. The van der Waals surface area contributed by atoms with Crippen LogP contribution in [0.2, 0.25) is 0 Å². The second kappa shape index (κ2) is 6.24. The van der Waals surface area contributed by atoms with E-state index >= 15 is 0 Å². The van der Waals surface area contributed by atoms with Crippen molar-refractivity contribution in [2.45, 2.75) is 25.8 Å². The quantitative estimate of drug-likeness (QED) is 0.671. The maximum absolute atomic E-state index is 11.9. The molecule has 1 aliphatic rings. The third-order valence-corrected chi connectivity index (χ3v) is 4.22. The number of aromatic nitrogens is 2. The Hall–Kier alpha value is -2.63. The van der Waals surface area contributed by atoms with Crippen molar-refractivity contribution in [3.63, 3.8) is 0 Å². The molecule has 3 rings (SSSR count). The Bertz CT molecular complexity index is 765. The van der Waals surface area contributed by atoms with E-state index in [2.05, 4.69) is 21.9 Å². The number of fused-ring (bicyclic) bond motifs is 1. The minimum absolute atomic E-state index is 0.0297. The number of aromatic amines is 1. The molecule has 0 aromatic carbocycles. The smallest absolute Gasteiger partial charge is 0.246 e. The summed E-state index contributed by atoms with van der Waals surface area (Å²) in [5.41, 5.74) is 2.11. The normalized spacial score (nSPS) is 18.0. The minimum atomic E-state index is -0.0511. The molecule has 0 spiro atoms. The Labute approximate surface area is 134 Å². The van der Waals surface area contributed by atoms with Crippen LogP contribution in [-0.4, -0.2) is 45.7 Å². The van der Waals surface area contributed by atoms with Gasteiger partial charge in [-0.15, -0.1) is 0 Å². The van der Waals surface area contributed by atoms with Crippen molar-refractivity contribution in [2.24, 2.45) is 0 Å². The highest BCUT2D eigenvalue weighted by Crippen LogP contribution is 2.28. The number of ketones is 1. The summed E-state index contributed by atoms with van der Waals surface area (Å²) >= 11 is 0. The zero-order valence-corrected chi connectivity index (χ0v) is 13.1. The van der Waals surface area contributed by atoms with E-state index in [0.717, 1.165) is 36.1 Å². The number of carbonyl (C=O) groups is 2. The third-order valence-electron chi connectivity index (χ3n) is 4.22. The summed E-state index contributed by atoms with van der Waals surface area (Å²) in [6, 6.07) is 2.01. The number of H-pyrrole nitrogens is 1. The van der Waals surface area contributed by atoms with E-state index in [1.54, 1.807) is 17.3 Å². The molecule has 1 atom stereocenters. The molecule has 2 aromatic rings. The van der Waals surface area contributed by atoms with E-state index in [0.29, 0.717) is 12.1 Å². The van der Waals surface area contributed by atoms with Gasteiger partial charge >= 0.3 is 0 Å². The maximum atomic E-state index is 11.9. The molecule has 2 aromatic heterocycles. The van der Waals surface area contributed by atoms with E-state index in [1.165, 1.54) is 13.0 Å². The lowest BCUT2D eigenvalue weighted by Crippen LogP contribution is -2.44. The number of likely N-dealkylation sites (tertiary alicyclic amines) is 1. The molecule has 0 bridgehead atoms. The number of amides is 1. The van der Waals surface area contributed by atoms with Crippen molar-refractivity contribution in [3.8, 4) is 0 Å². The van der Waals surface area contributed by atoms with E-state index in [9.17, 15) is 9.59 Å². The Balaban J connectivity index is 1.89. The van der Waals surface area contributed by atoms with E-state index in [4.69, 9.17) is 0 Å². The summed E-state index contributed by atoms with van der Waals surface area (Å²) in [6.45, 7) is 6.44. The van der Waals surface area contributed by atoms with Gasteiger partial charge in [-0.25, -0.2) is 4.98 Å². The van der Waals surface area contributed by atoms with Gasteiger partial charge in [0.25, 0.3) is 0 Å². The lowest BCUT2D eigenvalue weighted by molar-refractivity contribution is -0.127. The standard InChI is InChI=1S/C17H20N4O2/c1-3-15(23)21-8-4-5-12(10-21)20-16-13-6-7-18-17(13)19-9-14(16)11(2)22/h3,6-7,9,12H,1,4-5,8,10H2,2H3,(H2,18,19,20). The van der Waals surface area contributed by atoms with Crippen molar-refractivity contribution in [1.82, 2.24) is 14.9 Å². The van der Waals surface area contributed by atoms with Crippen LogP contribution in [0.4, 0.5) is 5.69 Å². The van der Waals surface area contributed by atoms with Gasteiger partial charge in [0, 0.05) is 36.9 Å². The number of rotatable bonds is 4. The molecule has 0 radical (unpaired) electrons.